The molecular formula is C19H34IN5O2S. The molecule has 28 heavy (non-hydrogen) atoms. The molecule has 2 N–H and O–H groups in total. The summed E-state index contributed by atoms with van der Waals surface area (Å²) in [5.41, 5.74) is 1.18. The van der Waals surface area contributed by atoms with Gasteiger partial charge in [0.25, 0.3) is 0 Å². The first-order valence-corrected chi connectivity index (χ1v) is 11.2. The molecule has 3 heterocycles. The Balaban J connectivity index is 0.00000280. The maximum Gasteiger partial charge on any atom is 0.191 e. The molecule has 0 spiro atoms. The molecule has 2 saturated heterocycles. The lowest BCUT2D eigenvalue weighted by atomic mass is 9.95. The average Bonchev–Trinajstić information content (AvgIpc) is 3.35. The van der Waals surface area contributed by atoms with Crippen molar-refractivity contribution in [2.24, 2.45) is 4.99 Å². The number of halogens is 1. The van der Waals surface area contributed by atoms with Gasteiger partial charge in [0.1, 0.15) is 6.54 Å². The lowest BCUT2D eigenvalue weighted by molar-refractivity contribution is -0.0120. The van der Waals surface area contributed by atoms with Gasteiger partial charge in [-0.1, -0.05) is 19.0 Å². The van der Waals surface area contributed by atoms with Crippen LogP contribution in [0.2, 0.25) is 0 Å². The van der Waals surface area contributed by atoms with Gasteiger partial charge in [-0.25, -0.2) is 4.99 Å². The van der Waals surface area contributed by atoms with E-state index in [4.69, 9.17) is 14.3 Å². The second-order valence-corrected chi connectivity index (χ2v) is 8.65. The first-order valence-electron chi connectivity index (χ1n) is 10.0. The van der Waals surface area contributed by atoms with E-state index in [1.807, 2.05) is 17.8 Å². The molecule has 160 valence electrons. The first kappa shape index (κ1) is 23.8. The third-order valence-electron chi connectivity index (χ3n) is 5.26. The summed E-state index contributed by atoms with van der Waals surface area (Å²) in [4.78, 5) is 7.31. The van der Waals surface area contributed by atoms with Crippen molar-refractivity contribution in [3.8, 4) is 0 Å². The average molecular weight is 523 g/mol. The highest BCUT2D eigenvalue weighted by Gasteiger charge is 2.40. The van der Waals surface area contributed by atoms with Crippen molar-refractivity contribution in [1.82, 2.24) is 20.7 Å². The van der Waals surface area contributed by atoms with Crippen LogP contribution in [0.3, 0.4) is 0 Å². The van der Waals surface area contributed by atoms with Crippen LogP contribution in [-0.4, -0.2) is 72.5 Å². The predicted molar refractivity (Wildman–Crippen MR) is 126 cm³/mol. The molecule has 2 fully saturated rings. The third kappa shape index (κ3) is 6.24. The van der Waals surface area contributed by atoms with Crippen LogP contribution < -0.4 is 10.6 Å². The Kier molecular flexibility index (Phi) is 9.85. The number of morpholine rings is 1. The largest absolute Gasteiger partial charge is 0.379 e. The summed E-state index contributed by atoms with van der Waals surface area (Å²) >= 11 is 2.05. The van der Waals surface area contributed by atoms with Crippen molar-refractivity contribution in [2.75, 3.05) is 50.9 Å². The van der Waals surface area contributed by atoms with Crippen molar-refractivity contribution in [1.29, 1.82) is 0 Å². The van der Waals surface area contributed by atoms with Crippen LogP contribution >= 0.6 is 35.7 Å². The number of ether oxygens (including phenoxy) is 1. The van der Waals surface area contributed by atoms with Gasteiger partial charge in [-0.2, -0.15) is 11.8 Å². The predicted octanol–water partition coefficient (Wildman–Crippen LogP) is 2.68. The number of rotatable bonds is 7. The Morgan fingerprint density at radius 2 is 2.14 bits per heavy atom. The summed E-state index contributed by atoms with van der Waals surface area (Å²) in [7, 11) is 0. The van der Waals surface area contributed by atoms with E-state index >= 15 is 0 Å². The van der Waals surface area contributed by atoms with E-state index < -0.39 is 0 Å². The molecule has 0 radical (unpaired) electrons. The van der Waals surface area contributed by atoms with Crippen LogP contribution in [0.1, 0.15) is 44.6 Å². The Hall–Kier alpha value is -0.520. The zero-order valence-electron chi connectivity index (χ0n) is 17.2. The second kappa shape index (κ2) is 11.6. The van der Waals surface area contributed by atoms with E-state index in [0.717, 1.165) is 56.8 Å². The van der Waals surface area contributed by atoms with E-state index in [1.165, 1.54) is 17.9 Å². The highest BCUT2D eigenvalue weighted by molar-refractivity contribution is 14.0. The minimum absolute atomic E-state index is 0. The smallest absolute Gasteiger partial charge is 0.191 e. The highest BCUT2D eigenvalue weighted by Crippen LogP contribution is 2.33. The van der Waals surface area contributed by atoms with E-state index in [0.29, 0.717) is 12.5 Å². The lowest BCUT2D eigenvalue weighted by Crippen LogP contribution is -2.60. The second-order valence-electron chi connectivity index (χ2n) is 7.55. The molecule has 9 heteroatoms. The summed E-state index contributed by atoms with van der Waals surface area (Å²) < 4.78 is 11.0. The first-order chi connectivity index (χ1) is 13.1. The summed E-state index contributed by atoms with van der Waals surface area (Å²) in [5, 5.41) is 11.0. The molecule has 0 saturated carbocycles. The number of nitrogens with one attached hydrogen (secondary N) is 2. The Labute approximate surface area is 189 Å². The molecule has 1 atom stereocenters. The molecule has 3 rings (SSSR count). The zero-order chi connectivity index (χ0) is 19.1. The van der Waals surface area contributed by atoms with Gasteiger partial charge in [0.2, 0.25) is 0 Å². The topological polar surface area (TPSA) is 74.9 Å². The van der Waals surface area contributed by atoms with Gasteiger partial charge in [0.05, 0.1) is 18.9 Å². The minimum atomic E-state index is 0. The Morgan fingerprint density at radius 3 is 2.75 bits per heavy atom. The highest BCUT2D eigenvalue weighted by atomic mass is 127. The van der Waals surface area contributed by atoms with E-state index in [1.54, 1.807) is 0 Å². The molecule has 0 aliphatic carbocycles. The fourth-order valence-electron chi connectivity index (χ4n) is 3.56. The minimum Gasteiger partial charge on any atom is -0.379 e. The number of hydrogen-bond acceptors (Lipinski definition) is 6. The van der Waals surface area contributed by atoms with Gasteiger partial charge in [-0.15, -0.1) is 24.0 Å². The fourth-order valence-corrected chi connectivity index (χ4v) is 5.03. The van der Waals surface area contributed by atoms with Gasteiger partial charge in [0, 0.05) is 43.5 Å². The summed E-state index contributed by atoms with van der Waals surface area (Å²) in [6, 6.07) is 2.00. The van der Waals surface area contributed by atoms with Gasteiger partial charge in [0.15, 0.2) is 11.7 Å². The molecule has 2 aliphatic rings. The van der Waals surface area contributed by atoms with Crippen LogP contribution in [0.15, 0.2) is 15.6 Å². The standard InChI is InChI=1S/C19H33N5O2S.HI/c1-4-20-18(21-12-16-11-17(15(2)3)23-26-16)22-13-19(5-10-27-14-19)24-6-8-25-9-7-24;/h11,15H,4-10,12-14H2,1-3H3,(H2,20,21,22);1H. The van der Waals surface area contributed by atoms with Crippen molar-refractivity contribution >= 4 is 41.7 Å². The molecular weight excluding hydrogens is 489 g/mol. The van der Waals surface area contributed by atoms with Crippen molar-refractivity contribution in [3.63, 3.8) is 0 Å². The number of hydrogen-bond donors (Lipinski definition) is 2. The molecule has 1 unspecified atom stereocenters. The van der Waals surface area contributed by atoms with Crippen molar-refractivity contribution < 1.29 is 9.26 Å². The lowest BCUT2D eigenvalue weighted by Gasteiger charge is -2.43. The van der Waals surface area contributed by atoms with E-state index in [9.17, 15) is 0 Å². The van der Waals surface area contributed by atoms with Crippen LogP contribution in [0.5, 0.6) is 0 Å². The number of aromatic nitrogens is 1. The van der Waals surface area contributed by atoms with Crippen molar-refractivity contribution in [2.45, 2.75) is 45.2 Å². The molecule has 0 amide bonds. The van der Waals surface area contributed by atoms with E-state index in [-0.39, 0.29) is 29.5 Å². The fraction of sp³-hybridized carbons (Fsp3) is 0.789. The molecule has 0 aromatic carbocycles. The SMILES string of the molecule is CCNC(=NCc1cc(C(C)C)no1)NCC1(N2CCOCC2)CCSC1.I. The third-order valence-corrected chi connectivity index (χ3v) is 6.49. The van der Waals surface area contributed by atoms with Crippen LogP contribution in [0, 0.1) is 0 Å². The number of guanidine groups is 1. The number of thioether (sulfide) groups is 1. The summed E-state index contributed by atoms with van der Waals surface area (Å²) in [6.45, 7) is 12.3. The summed E-state index contributed by atoms with van der Waals surface area (Å²) in [5.74, 6) is 4.40. The monoisotopic (exact) mass is 523 g/mol. The number of aliphatic imine (C=N–C) groups is 1. The van der Waals surface area contributed by atoms with Crippen LogP contribution in [0.4, 0.5) is 0 Å². The maximum absolute atomic E-state index is 5.55. The zero-order valence-corrected chi connectivity index (χ0v) is 20.3. The van der Waals surface area contributed by atoms with E-state index in [2.05, 4.69) is 41.5 Å². The Bertz CT molecular complexity index is 613. The van der Waals surface area contributed by atoms with Gasteiger partial charge in [-0.3, -0.25) is 4.90 Å². The molecule has 0 bridgehead atoms. The normalized spacial score (nSPS) is 23.6. The quantitative estimate of drug-likeness (QED) is 0.324. The van der Waals surface area contributed by atoms with Gasteiger partial charge >= 0.3 is 0 Å². The molecule has 1 aromatic rings. The van der Waals surface area contributed by atoms with Crippen molar-refractivity contribution in [3.05, 3.63) is 17.5 Å². The Morgan fingerprint density at radius 1 is 1.36 bits per heavy atom. The molecule has 7 nitrogen and oxygen atoms in total. The van der Waals surface area contributed by atoms with Crippen LogP contribution in [0.25, 0.3) is 0 Å². The molecule has 2 aliphatic heterocycles. The summed E-state index contributed by atoms with van der Waals surface area (Å²) in [6.07, 6.45) is 1.21. The van der Waals surface area contributed by atoms with Crippen LogP contribution in [-0.2, 0) is 11.3 Å². The maximum atomic E-state index is 5.55. The van der Waals surface area contributed by atoms with Gasteiger partial charge in [-0.05, 0) is 25.0 Å². The number of nitrogens with zero attached hydrogens (tertiary/aromatic N) is 3. The molecule has 1 aromatic heterocycles. The van der Waals surface area contributed by atoms with Gasteiger partial charge < -0.3 is 19.9 Å².